The summed E-state index contributed by atoms with van der Waals surface area (Å²) in [7, 11) is 0. The third kappa shape index (κ3) is 3.25. The fourth-order valence-corrected chi connectivity index (χ4v) is 3.18. The quantitative estimate of drug-likeness (QED) is 0.813. The highest BCUT2D eigenvalue weighted by molar-refractivity contribution is 5.92. The number of nitrogens with one attached hydrogen (secondary N) is 2. The van der Waals surface area contributed by atoms with Crippen LogP contribution in [0.1, 0.15) is 26.2 Å². The van der Waals surface area contributed by atoms with Gasteiger partial charge in [-0.15, -0.1) is 0 Å². The molecule has 2 amide bonds. The Labute approximate surface area is 130 Å². The number of carbonyl (C=O) groups excluding carboxylic acids is 1. The summed E-state index contributed by atoms with van der Waals surface area (Å²) in [5, 5.41) is 16.5. The number of anilines is 1. The molecular formula is C17H23N3O2. The molecule has 1 heterocycles. The zero-order chi connectivity index (χ0) is 15.5. The van der Waals surface area contributed by atoms with Gasteiger partial charge in [0.1, 0.15) is 0 Å². The van der Waals surface area contributed by atoms with Gasteiger partial charge in [0, 0.05) is 25.0 Å². The Balaban J connectivity index is 1.59. The molecule has 3 rings (SSSR count). The van der Waals surface area contributed by atoms with Gasteiger partial charge in [-0.2, -0.15) is 0 Å². The summed E-state index contributed by atoms with van der Waals surface area (Å²) in [4.78, 5) is 12.0. The first-order chi connectivity index (χ1) is 10.7. The number of hydrogen-bond acceptors (Lipinski definition) is 2. The predicted octanol–water partition coefficient (Wildman–Crippen LogP) is 2.94. The first-order valence-electron chi connectivity index (χ1n) is 7.97. The Hall–Kier alpha value is -2.01. The minimum Gasteiger partial charge on any atom is -0.393 e. The Kier molecular flexibility index (Phi) is 4.34. The largest absolute Gasteiger partial charge is 0.393 e. The van der Waals surface area contributed by atoms with Gasteiger partial charge < -0.3 is 20.3 Å². The SMILES string of the molecule is CCn1ccc2ccc(NC(=O)NCC3CCC(O)C3)cc21. The van der Waals surface area contributed by atoms with E-state index in [1.165, 1.54) is 5.39 Å². The van der Waals surface area contributed by atoms with Gasteiger partial charge in [0.2, 0.25) is 0 Å². The molecule has 0 spiro atoms. The van der Waals surface area contributed by atoms with Crippen LogP contribution in [0.2, 0.25) is 0 Å². The molecule has 1 aromatic carbocycles. The van der Waals surface area contributed by atoms with Crippen LogP contribution in [0.25, 0.3) is 10.9 Å². The molecule has 0 radical (unpaired) electrons. The standard InChI is InChI=1S/C17H23N3O2/c1-2-20-8-7-13-4-5-14(10-16(13)20)19-17(22)18-11-12-3-6-15(21)9-12/h4-5,7-8,10,12,15,21H,2-3,6,9,11H2,1H3,(H2,18,19,22). The van der Waals surface area contributed by atoms with E-state index in [4.69, 9.17) is 0 Å². The molecule has 2 atom stereocenters. The molecule has 1 aliphatic carbocycles. The smallest absolute Gasteiger partial charge is 0.319 e. The number of benzene rings is 1. The molecule has 5 nitrogen and oxygen atoms in total. The van der Waals surface area contributed by atoms with Crippen molar-refractivity contribution >= 4 is 22.6 Å². The van der Waals surface area contributed by atoms with Crippen LogP contribution in [-0.2, 0) is 6.54 Å². The van der Waals surface area contributed by atoms with Crippen molar-refractivity contribution in [2.45, 2.75) is 38.8 Å². The molecule has 1 saturated carbocycles. The van der Waals surface area contributed by atoms with E-state index < -0.39 is 0 Å². The van der Waals surface area contributed by atoms with Crippen molar-refractivity contribution in [2.75, 3.05) is 11.9 Å². The summed E-state index contributed by atoms with van der Waals surface area (Å²) in [5.74, 6) is 0.389. The number of aromatic nitrogens is 1. The first-order valence-corrected chi connectivity index (χ1v) is 7.97. The number of aliphatic hydroxyl groups excluding tert-OH is 1. The highest BCUT2D eigenvalue weighted by atomic mass is 16.3. The summed E-state index contributed by atoms with van der Waals surface area (Å²) < 4.78 is 2.15. The zero-order valence-electron chi connectivity index (χ0n) is 12.9. The van der Waals surface area contributed by atoms with Crippen LogP contribution in [0.15, 0.2) is 30.5 Å². The number of hydrogen-bond donors (Lipinski definition) is 3. The molecule has 0 aliphatic heterocycles. The summed E-state index contributed by atoms with van der Waals surface area (Å²) in [6, 6.07) is 7.83. The summed E-state index contributed by atoms with van der Waals surface area (Å²) in [5.41, 5.74) is 1.92. The van der Waals surface area contributed by atoms with Gasteiger partial charge in [-0.05, 0) is 55.7 Å². The predicted molar refractivity (Wildman–Crippen MR) is 88.0 cm³/mol. The molecule has 5 heteroatoms. The molecule has 2 unspecified atom stereocenters. The summed E-state index contributed by atoms with van der Waals surface area (Å²) in [6.07, 6.45) is 4.48. The van der Waals surface area contributed by atoms with Crippen molar-refractivity contribution in [1.82, 2.24) is 9.88 Å². The van der Waals surface area contributed by atoms with Crippen LogP contribution in [0.3, 0.4) is 0 Å². The van der Waals surface area contributed by atoms with Crippen molar-refractivity contribution in [2.24, 2.45) is 5.92 Å². The number of aliphatic hydroxyl groups is 1. The fraction of sp³-hybridized carbons (Fsp3) is 0.471. The molecule has 1 fully saturated rings. The maximum Gasteiger partial charge on any atom is 0.319 e. The second-order valence-electron chi connectivity index (χ2n) is 6.04. The molecule has 1 aromatic heterocycles. The van der Waals surface area contributed by atoms with Crippen LogP contribution in [0.5, 0.6) is 0 Å². The number of rotatable bonds is 4. The van der Waals surface area contributed by atoms with Crippen molar-refractivity contribution < 1.29 is 9.90 Å². The molecule has 1 aliphatic rings. The van der Waals surface area contributed by atoms with E-state index in [0.717, 1.165) is 37.0 Å². The number of fused-ring (bicyclic) bond motifs is 1. The van der Waals surface area contributed by atoms with Gasteiger partial charge in [-0.1, -0.05) is 6.07 Å². The number of aryl methyl sites for hydroxylation is 1. The highest BCUT2D eigenvalue weighted by Gasteiger charge is 2.22. The second kappa shape index (κ2) is 6.40. The normalized spacial score (nSPS) is 21.2. The lowest BCUT2D eigenvalue weighted by atomic mass is 10.1. The Morgan fingerprint density at radius 1 is 1.36 bits per heavy atom. The monoisotopic (exact) mass is 301 g/mol. The topological polar surface area (TPSA) is 66.3 Å². The number of nitrogens with zero attached hydrogens (tertiary/aromatic N) is 1. The van der Waals surface area contributed by atoms with E-state index >= 15 is 0 Å². The van der Waals surface area contributed by atoms with Gasteiger partial charge in [0.05, 0.1) is 11.6 Å². The zero-order valence-corrected chi connectivity index (χ0v) is 12.9. The third-order valence-corrected chi connectivity index (χ3v) is 4.44. The van der Waals surface area contributed by atoms with Crippen molar-refractivity contribution in [3.8, 4) is 0 Å². The maximum atomic E-state index is 12.0. The number of amides is 2. The van der Waals surface area contributed by atoms with Gasteiger partial charge in [0.25, 0.3) is 0 Å². The van der Waals surface area contributed by atoms with E-state index in [1.807, 2.05) is 18.2 Å². The average molecular weight is 301 g/mol. The lowest BCUT2D eigenvalue weighted by Gasteiger charge is -2.12. The van der Waals surface area contributed by atoms with E-state index in [2.05, 4.69) is 34.4 Å². The summed E-state index contributed by atoms with van der Waals surface area (Å²) in [6.45, 7) is 3.63. The molecule has 0 saturated heterocycles. The minimum atomic E-state index is -0.195. The van der Waals surface area contributed by atoms with Gasteiger partial charge >= 0.3 is 6.03 Å². The maximum absolute atomic E-state index is 12.0. The molecule has 0 bridgehead atoms. The van der Waals surface area contributed by atoms with Gasteiger partial charge in [-0.3, -0.25) is 0 Å². The van der Waals surface area contributed by atoms with Crippen LogP contribution in [0, 0.1) is 5.92 Å². The van der Waals surface area contributed by atoms with E-state index in [0.29, 0.717) is 12.5 Å². The first kappa shape index (κ1) is 14.9. The van der Waals surface area contributed by atoms with Crippen LogP contribution < -0.4 is 10.6 Å². The van der Waals surface area contributed by atoms with Crippen LogP contribution in [0.4, 0.5) is 10.5 Å². The molecular weight excluding hydrogens is 278 g/mol. The van der Waals surface area contributed by atoms with Gasteiger partial charge in [0.15, 0.2) is 0 Å². The van der Waals surface area contributed by atoms with Crippen LogP contribution in [-0.4, -0.2) is 28.4 Å². The Morgan fingerprint density at radius 2 is 2.23 bits per heavy atom. The van der Waals surface area contributed by atoms with E-state index in [-0.39, 0.29) is 12.1 Å². The molecule has 118 valence electrons. The highest BCUT2D eigenvalue weighted by Crippen LogP contribution is 2.24. The molecule has 2 aromatic rings. The molecule has 22 heavy (non-hydrogen) atoms. The lowest BCUT2D eigenvalue weighted by Crippen LogP contribution is -2.32. The van der Waals surface area contributed by atoms with Crippen molar-refractivity contribution in [1.29, 1.82) is 0 Å². The minimum absolute atomic E-state index is 0.185. The second-order valence-corrected chi connectivity index (χ2v) is 6.04. The lowest BCUT2D eigenvalue weighted by molar-refractivity contribution is 0.177. The van der Waals surface area contributed by atoms with Crippen molar-refractivity contribution in [3.05, 3.63) is 30.5 Å². The number of carbonyl (C=O) groups is 1. The van der Waals surface area contributed by atoms with Gasteiger partial charge in [-0.25, -0.2) is 4.79 Å². The Morgan fingerprint density at radius 3 is 2.95 bits per heavy atom. The van der Waals surface area contributed by atoms with E-state index in [9.17, 15) is 9.90 Å². The summed E-state index contributed by atoms with van der Waals surface area (Å²) >= 11 is 0. The molecule has 3 N–H and O–H groups in total. The van der Waals surface area contributed by atoms with Crippen LogP contribution >= 0.6 is 0 Å². The average Bonchev–Trinajstić information content (AvgIpc) is 3.10. The third-order valence-electron chi connectivity index (χ3n) is 4.44. The van der Waals surface area contributed by atoms with E-state index in [1.54, 1.807) is 0 Å². The Bertz CT molecular complexity index is 665. The van der Waals surface area contributed by atoms with Crippen molar-refractivity contribution in [3.63, 3.8) is 0 Å². The fourth-order valence-electron chi connectivity index (χ4n) is 3.18. The number of urea groups is 1.